The highest BCUT2D eigenvalue weighted by Crippen LogP contribution is 2.31. The molecule has 0 spiro atoms. The number of aryl methyl sites for hydroxylation is 2. The number of carboxylic acid groups (broad SMARTS) is 1. The van der Waals surface area contributed by atoms with Gasteiger partial charge in [0.1, 0.15) is 17.3 Å². The average molecular weight is 440 g/mol. The normalized spacial score (nSPS) is 10.8. The lowest BCUT2D eigenvalue weighted by molar-refractivity contribution is -0.137. The molecule has 0 fully saturated rings. The molecule has 0 amide bonds. The third kappa shape index (κ3) is 5.26. The third-order valence-electron chi connectivity index (χ3n) is 4.41. The minimum Gasteiger partial charge on any atom is -0.504 e. The standard InChI is InChI=1S/C22H18F2N4O4/c1-13-20(22(32)28(27-13)11-3-6-19(29)30)26-25-18-5-2-4-15(21(18)31)8-7-14-9-10-16(23)12-17(14)24/h2,4-5,9-10,12,27,31H,3,6,11H2,1H3,(H,29,30). The lowest BCUT2D eigenvalue weighted by Gasteiger charge is -2.00. The molecule has 3 aromatic rings. The van der Waals surface area contributed by atoms with Crippen LogP contribution in [-0.2, 0) is 11.3 Å². The van der Waals surface area contributed by atoms with Gasteiger partial charge in [-0.1, -0.05) is 17.9 Å². The summed E-state index contributed by atoms with van der Waals surface area (Å²) in [4.78, 5) is 23.1. The minimum absolute atomic E-state index is 0.0181. The molecule has 0 aliphatic rings. The zero-order valence-corrected chi connectivity index (χ0v) is 16.9. The Kier molecular flexibility index (Phi) is 6.80. The number of hydrogen-bond acceptors (Lipinski definition) is 5. The van der Waals surface area contributed by atoms with Crippen LogP contribution in [0.4, 0.5) is 20.2 Å². The number of benzene rings is 2. The quantitative estimate of drug-likeness (QED) is 0.394. The van der Waals surface area contributed by atoms with Crippen molar-refractivity contribution in [3.05, 3.63) is 75.2 Å². The summed E-state index contributed by atoms with van der Waals surface area (Å²) in [7, 11) is 0. The highest BCUT2D eigenvalue weighted by molar-refractivity contribution is 5.66. The number of phenolic OH excluding ortho intramolecular Hbond substituents is 1. The Morgan fingerprint density at radius 2 is 1.91 bits per heavy atom. The molecule has 3 N–H and O–H groups in total. The van der Waals surface area contributed by atoms with Crippen LogP contribution in [0, 0.1) is 30.4 Å². The number of azo groups is 1. The van der Waals surface area contributed by atoms with Crippen LogP contribution in [0.2, 0.25) is 0 Å². The van der Waals surface area contributed by atoms with Crippen molar-refractivity contribution in [1.82, 2.24) is 9.78 Å². The Balaban J connectivity index is 1.84. The fourth-order valence-electron chi connectivity index (χ4n) is 2.80. The predicted octanol–water partition coefficient (Wildman–Crippen LogP) is 4.15. The lowest BCUT2D eigenvalue weighted by Crippen LogP contribution is -2.17. The Labute approximate surface area is 180 Å². The first-order valence-electron chi connectivity index (χ1n) is 9.48. The first-order valence-corrected chi connectivity index (χ1v) is 9.48. The molecule has 164 valence electrons. The van der Waals surface area contributed by atoms with E-state index in [0.29, 0.717) is 11.8 Å². The molecule has 8 nitrogen and oxygen atoms in total. The Morgan fingerprint density at radius 3 is 2.62 bits per heavy atom. The second-order valence-corrected chi connectivity index (χ2v) is 6.79. The number of halogens is 2. The Hall–Kier alpha value is -4.26. The van der Waals surface area contributed by atoms with Crippen molar-refractivity contribution in [2.45, 2.75) is 26.3 Å². The van der Waals surface area contributed by atoms with Gasteiger partial charge < -0.3 is 10.2 Å². The number of hydrogen-bond donors (Lipinski definition) is 3. The number of carboxylic acids is 1. The molecule has 3 rings (SSSR count). The van der Waals surface area contributed by atoms with Crippen LogP contribution in [0.1, 0.15) is 29.7 Å². The van der Waals surface area contributed by atoms with E-state index in [-0.39, 0.29) is 47.6 Å². The first-order chi connectivity index (χ1) is 15.3. The number of phenols is 1. The Bertz CT molecular complexity index is 1320. The van der Waals surface area contributed by atoms with Gasteiger partial charge in [-0.2, -0.15) is 0 Å². The van der Waals surface area contributed by atoms with Gasteiger partial charge in [-0.3, -0.25) is 19.4 Å². The molecule has 32 heavy (non-hydrogen) atoms. The highest BCUT2D eigenvalue weighted by Gasteiger charge is 2.12. The fraction of sp³-hybridized carbons (Fsp3) is 0.182. The summed E-state index contributed by atoms with van der Waals surface area (Å²) < 4.78 is 28.0. The second-order valence-electron chi connectivity index (χ2n) is 6.79. The average Bonchev–Trinajstić information content (AvgIpc) is 3.00. The van der Waals surface area contributed by atoms with E-state index >= 15 is 0 Å². The van der Waals surface area contributed by atoms with Crippen LogP contribution in [0.5, 0.6) is 5.75 Å². The summed E-state index contributed by atoms with van der Waals surface area (Å²) in [6, 6.07) is 7.46. The number of aromatic amines is 1. The maximum absolute atomic E-state index is 13.7. The van der Waals surface area contributed by atoms with Crippen molar-refractivity contribution in [1.29, 1.82) is 0 Å². The van der Waals surface area contributed by atoms with E-state index in [2.05, 4.69) is 27.2 Å². The summed E-state index contributed by atoms with van der Waals surface area (Å²) in [5.74, 6) is 2.30. The molecule has 2 aromatic carbocycles. The maximum atomic E-state index is 13.7. The number of nitrogens with one attached hydrogen (secondary N) is 1. The summed E-state index contributed by atoms with van der Waals surface area (Å²) in [5.41, 5.74) is 0.111. The van der Waals surface area contributed by atoms with Crippen LogP contribution in [0.25, 0.3) is 0 Å². The van der Waals surface area contributed by atoms with Gasteiger partial charge in [-0.05, 0) is 37.6 Å². The van der Waals surface area contributed by atoms with Gasteiger partial charge in [0.15, 0.2) is 11.4 Å². The van der Waals surface area contributed by atoms with Gasteiger partial charge in [0, 0.05) is 19.0 Å². The van der Waals surface area contributed by atoms with Crippen LogP contribution in [-0.4, -0.2) is 26.0 Å². The van der Waals surface area contributed by atoms with E-state index in [1.54, 1.807) is 13.0 Å². The number of aliphatic carboxylic acids is 1. The number of carbonyl (C=O) groups is 1. The zero-order chi connectivity index (χ0) is 23.3. The summed E-state index contributed by atoms with van der Waals surface area (Å²) in [6.07, 6.45) is 0.187. The number of rotatable bonds is 6. The molecule has 0 atom stereocenters. The Morgan fingerprint density at radius 1 is 1.16 bits per heavy atom. The van der Waals surface area contributed by atoms with Gasteiger partial charge in [0.2, 0.25) is 0 Å². The predicted molar refractivity (Wildman–Crippen MR) is 111 cm³/mol. The van der Waals surface area contributed by atoms with Gasteiger partial charge >= 0.3 is 5.97 Å². The van der Waals surface area contributed by atoms with E-state index in [1.165, 1.54) is 22.9 Å². The second kappa shape index (κ2) is 9.70. The molecule has 0 bridgehead atoms. The largest absolute Gasteiger partial charge is 0.504 e. The molecule has 1 heterocycles. The molecular weight excluding hydrogens is 422 g/mol. The molecular formula is C22H18F2N4O4. The molecule has 1 aromatic heterocycles. The molecule has 0 saturated carbocycles. The molecule has 0 unspecified atom stereocenters. The molecule has 0 radical (unpaired) electrons. The number of H-pyrrole nitrogens is 1. The first kappa shape index (κ1) is 22.4. The molecule has 10 heteroatoms. The van der Waals surface area contributed by atoms with Crippen LogP contribution in [0.15, 0.2) is 51.4 Å². The molecule has 0 saturated heterocycles. The highest BCUT2D eigenvalue weighted by atomic mass is 19.1. The summed E-state index contributed by atoms with van der Waals surface area (Å²) >= 11 is 0. The van der Waals surface area contributed by atoms with Crippen molar-refractivity contribution in [2.75, 3.05) is 0 Å². The van der Waals surface area contributed by atoms with Gasteiger partial charge in [-0.25, -0.2) is 8.78 Å². The lowest BCUT2D eigenvalue weighted by atomic mass is 10.1. The van der Waals surface area contributed by atoms with Crippen LogP contribution < -0.4 is 5.56 Å². The monoisotopic (exact) mass is 440 g/mol. The van der Waals surface area contributed by atoms with E-state index in [4.69, 9.17) is 5.11 Å². The SMILES string of the molecule is Cc1[nH]n(CCCC(=O)O)c(=O)c1N=Nc1cccc(C#Cc2ccc(F)cc2F)c1O. The number of aromatic hydroxyl groups is 1. The van der Waals surface area contributed by atoms with Gasteiger partial charge in [0.05, 0.1) is 16.8 Å². The van der Waals surface area contributed by atoms with E-state index in [9.17, 15) is 23.5 Å². The smallest absolute Gasteiger partial charge is 0.303 e. The van der Waals surface area contributed by atoms with Gasteiger partial charge in [-0.15, -0.1) is 10.2 Å². The van der Waals surface area contributed by atoms with Crippen molar-refractivity contribution in [3.63, 3.8) is 0 Å². The maximum Gasteiger partial charge on any atom is 0.303 e. The van der Waals surface area contributed by atoms with Crippen LogP contribution >= 0.6 is 0 Å². The van der Waals surface area contributed by atoms with E-state index < -0.39 is 23.2 Å². The van der Waals surface area contributed by atoms with Crippen molar-refractivity contribution >= 4 is 17.3 Å². The van der Waals surface area contributed by atoms with E-state index in [0.717, 1.165) is 6.07 Å². The van der Waals surface area contributed by atoms with Crippen molar-refractivity contribution < 1.29 is 23.8 Å². The topological polar surface area (TPSA) is 120 Å². The minimum atomic E-state index is -0.957. The fourth-order valence-corrected chi connectivity index (χ4v) is 2.80. The number of nitrogens with zero attached hydrogens (tertiary/aromatic N) is 3. The summed E-state index contributed by atoms with van der Waals surface area (Å²) in [5, 5.41) is 29.8. The molecule has 0 aliphatic heterocycles. The zero-order valence-electron chi connectivity index (χ0n) is 16.9. The van der Waals surface area contributed by atoms with Crippen LogP contribution in [0.3, 0.4) is 0 Å². The third-order valence-corrected chi connectivity index (χ3v) is 4.41. The number of aromatic nitrogens is 2. The molecule has 0 aliphatic carbocycles. The van der Waals surface area contributed by atoms with Gasteiger partial charge in [0.25, 0.3) is 5.56 Å². The number of para-hydroxylation sites is 1. The summed E-state index contributed by atoms with van der Waals surface area (Å²) in [6.45, 7) is 1.79. The van der Waals surface area contributed by atoms with Crippen molar-refractivity contribution in [3.8, 4) is 17.6 Å². The van der Waals surface area contributed by atoms with Crippen molar-refractivity contribution in [2.24, 2.45) is 10.2 Å². The van der Waals surface area contributed by atoms with E-state index in [1.807, 2.05) is 0 Å².